The Morgan fingerprint density at radius 3 is 2.80 bits per heavy atom. The Morgan fingerprint density at radius 2 is 2.20 bits per heavy atom. The number of hydrogen-bond donors (Lipinski definition) is 0. The fraction of sp³-hybridized carbons (Fsp3) is 0.833. The van der Waals surface area contributed by atoms with Gasteiger partial charge in [0.25, 0.3) is 0 Å². The van der Waals surface area contributed by atoms with Gasteiger partial charge < -0.3 is 9.69 Å². The number of aldehydes is 1. The summed E-state index contributed by atoms with van der Waals surface area (Å²) in [7, 11) is 0. The number of hydrogen-bond acceptors (Lipinski definition) is 2. The van der Waals surface area contributed by atoms with Crippen LogP contribution in [0.3, 0.4) is 0 Å². The summed E-state index contributed by atoms with van der Waals surface area (Å²) in [5, 5.41) is 0. The fourth-order valence-electron chi connectivity index (χ4n) is 2.17. The van der Waals surface area contributed by atoms with Crippen molar-refractivity contribution in [2.45, 2.75) is 39.5 Å². The van der Waals surface area contributed by atoms with Crippen LogP contribution in [0.1, 0.15) is 39.5 Å². The molecule has 0 aliphatic carbocycles. The van der Waals surface area contributed by atoms with E-state index in [-0.39, 0.29) is 5.91 Å². The molecule has 1 aliphatic heterocycles. The molecule has 0 aromatic rings. The highest BCUT2D eigenvalue weighted by molar-refractivity contribution is 5.76. The molecular weight excluding hydrogens is 190 g/mol. The molecule has 1 aliphatic rings. The summed E-state index contributed by atoms with van der Waals surface area (Å²) in [5.41, 5.74) is 0. The van der Waals surface area contributed by atoms with Gasteiger partial charge in [0.05, 0.1) is 0 Å². The van der Waals surface area contributed by atoms with Crippen LogP contribution >= 0.6 is 0 Å². The normalized spacial score (nSPS) is 23.0. The summed E-state index contributed by atoms with van der Waals surface area (Å²) in [6.07, 6.45) is 4.11. The Labute approximate surface area is 91.8 Å². The quantitative estimate of drug-likeness (QED) is 0.666. The van der Waals surface area contributed by atoms with Gasteiger partial charge in [0, 0.05) is 25.9 Å². The van der Waals surface area contributed by atoms with Crippen LogP contribution in [0.2, 0.25) is 0 Å². The second-order valence-corrected chi connectivity index (χ2v) is 4.67. The lowest BCUT2D eigenvalue weighted by Crippen LogP contribution is -2.31. The van der Waals surface area contributed by atoms with Crippen molar-refractivity contribution < 1.29 is 9.59 Å². The predicted molar refractivity (Wildman–Crippen MR) is 59.4 cm³/mol. The molecule has 0 radical (unpaired) electrons. The van der Waals surface area contributed by atoms with Crippen molar-refractivity contribution in [1.82, 2.24) is 4.90 Å². The molecule has 15 heavy (non-hydrogen) atoms. The number of rotatable bonds is 4. The van der Waals surface area contributed by atoms with Crippen molar-refractivity contribution in [3.8, 4) is 0 Å². The highest BCUT2D eigenvalue weighted by atomic mass is 16.2. The van der Waals surface area contributed by atoms with Crippen molar-refractivity contribution in [3.05, 3.63) is 0 Å². The third-order valence-electron chi connectivity index (χ3n) is 3.31. The van der Waals surface area contributed by atoms with Crippen LogP contribution in [0.15, 0.2) is 0 Å². The summed E-state index contributed by atoms with van der Waals surface area (Å²) in [5.74, 6) is 1.54. The van der Waals surface area contributed by atoms with E-state index in [9.17, 15) is 9.59 Å². The van der Waals surface area contributed by atoms with Gasteiger partial charge in [0.15, 0.2) is 0 Å². The van der Waals surface area contributed by atoms with E-state index in [1.165, 1.54) is 0 Å². The number of amides is 1. The van der Waals surface area contributed by atoms with Gasteiger partial charge >= 0.3 is 0 Å². The Hall–Kier alpha value is -0.860. The first-order chi connectivity index (χ1) is 7.15. The molecule has 1 heterocycles. The van der Waals surface area contributed by atoms with Gasteiger partial charge in [0.1, 0.15) is 6.29 Å². The monoisotopic (exact) mass is 211 g/mol. The van der Waals surface area contributed by atoms with Crippen molar-refractivity contribution in [1.29, 1.82) is 0 Å². The molecular formula is C12H21NO2. The van der Waals surface area contributed by atoms with Gasteiger partial charge in [-0.1, -0.05) is 13.8 Å². The van der Waals surface area contributed by atoms with Gasteiger partial charge in [-0.15, -0.1) is 0 Å². The molecule has 1 atom stereocenters. The van der Waals surface area contributed by atoms with Crippen molar-refractivity contribution in [2.75, 3.05) is 13.1 Å². The highest BCUT2D eigenvalue weighted by Crippen LogP contribution is 2.24. The Balaban J connectivity index is 2.47. The summed E-state index contributed by atoms with van der Waals surface area (Å²) < 4.78 is 0. The van der Waals surface area contributed by atoms with E-state index in [0.29, 0.717) is 31.2 Å². The zero-order valence-electron chi connectivity index (χ0n) is 9.74. The Morgan fingerprint density at radius 1 is 1.47 bits per heavy atom. The molecule has 0 aromatic carbocycles. The molecule has 1 fully saturated rings. The van der Waals surface area contributed by atoms with Crippen LogP contribution < -0.4 is 0 Å². The van der Waals surface area contributed by atoms with E-state index in [4.69, 9.17) is 0 Å². The van der Waals surface area contributed by atoms with E-state index in [0.717, 1.165) is 25.7 Å². The molecule has 0 bridgehead atoms. The number of carbonyl (C=O) groups is 2. The largest absolute Gasteiger partial charge is 0.342 e. The lowest BCUT2D eigenvalue weighted by Gasteiger charge is -2.20. The fourth-order valence-corrected chi connectivity index (χ4v) is 2.17. The lowest BCUT2D eigenvalue weighted by molar-refractivity contribution is -0.130. The van der Waals surface area contributed by atoms with E-state index in [2.05, 4.69) is 13.8 Å². The summed E-state index contributed by atoms with van der Waals surface area (Å²) in [6.45, 7) is 5.87. The van der Waals surface area contributed by atoms with E-state index >= 15 is 0 Å². The number of likely N-dealkylation sites (tertiary alicyclic amines) is 1. The Kier molecular flexibility index (Phi) is 4.79. The minimum Gasteiger partial charge on any atom is -0.342 e. The standard InChI is InChI=1S/C12H21NO2/c1-10(2)11-4-5-12(15)13(8-6-11)7-3-9-14/h9-11H,3-8H2,1-2H3. The molecule has 1 saturated heterocycles. The Bertz CT molecular complexity index is 226. The molecule has 0 saturated carbocycles. The van der Waals surface area contributed by atoms with Gasteiger partial charge in [-0.2, -0.15) is 0 Å². The maximum absolute atomic E-state index is 11.7. The molecule has 0 aromatic heterocycles. The summed E-state index contributed by atoms with van der Waals surface area (Å²) >= 11 is 0. The first kappa shape index (κ1) is 12.2. The van der Waals surface area contributed by atoms with Crippen LogP contribution in [-0.2, 0) is 9.59 Å². The molecule has 0 N–H and O–H groups in total. The molecule has 0 spiro atoms. The van der Waals surface area contributed by atoms with Crippen LogP contribution in [-0.4, -0.2) is 30.2 Å². The smallest absolute Gasteiger partial charge is 0.222 e. The van der Waals surface area contributed by atoms with Crippen LogP contribution in [0.25, 0.3) is 0 Å². The number of nitrogens with zero attached hydrogens (tertiary/aromatic N) is 1. The number of carbonyl (C=O) groups excluding carboxylic acids is 2. The second kappa shape index (κ2) is 5.89. The zero-order valence-corrected chi connectivity index (χ0v) is 9.74. The summed E-state index contributed by atoms with van der Waals surface area (Å²) in [6, 6.07) is 0. The highest BCUT2D eigenvalue weighted by Gasteiger charge is 2.23. The molecule has 86 valence electrons. The van der Waals surface area contributed by atoms with Crippen molar-refractivity contribution in [2.24, 2.45) is 11.8 Å². The van der Waals surface area contributed by atoms with Gasteiger partial charge in [-0.25, -0.2) is 0 Å². The third kappa shape index (κ3) is 3.65. The zero-order chi connectivity index (χ0) is 11.3. The average molecular weight is 211 g/mol. The summed E-state index contributed by atoms with van der Waals surface area (Å²) in [4.78, 5) is 23.8. The van der Waals surface area contributed by atoms with E-state index in [1.807, 2.05) is 4.90 Å². The topological polar surface area (TPSA) is 37.4 Å². The second-order valence-electron chi connectivity index (χ2n) is 4.67. The maximum Gasteiger partial charge on any atom is 0.222 e. The molecule has 3 nitrogen and oxygen atoms in total. The van der Waals surface area contributed by atoms with Gasteiger partial charge in [0.2, 0.25) is 5.91 Å². The van der Waals surface area contributed by atoms with E-state index in [1.54, 1.807) is 0 Å². The minimum absolute atomic E-state index is 0.222. The third-order valence-corrected chi connectivity index (χ3v) is 3.31. The molecule has 1 rings (SSSR count). The van der Waals surface area contributed by atoms with E-state index < -0.39 is 0 Å². The molecule has 1 unspecified atom stereocenters. The SMILES string of the molecule is CC(C)C1CCC(=O)N(CCC=O)CC1. The van der Waals surface area contributed by atoms with Crippen LogP contribution in [0.4, 0.5) is 0 Å². The molecule has 1 amide bonds. The van der Waals surface area contributed by atoms with Gasteiger partial charge in [-0.05, 0) is 24.7 Å². The average Bonchev–Trinajstić information content (AvgIpc) is 2.38. The minimum atomic E-state index is 0.222. The lowest BCUT2D eigenvalue weighted by atomic mass is 9.89. The van der Waals surface area contributed by atoms with Gasteiger partial charge in [-0.3, -0.25) is 4.79 Å². The van der Waals surface area contributed by atoms with Crippen LogP contribution in [0.5, 0.6) is 0 Å². The van der Waals surface area contributed by atoms with Crippen LogP contribution in [0, 0.1) is 11.8 Å². The predicted octanol–water partition coefficient (Wildman–Crippen LogP) is 1.86. The maximum atomic E-state index is 11.7. The van der Waals surface area contributed by atoms with Crippen molar-refractivity contribution in [3.63, 3.8) is 0 Å². The first-order valence-corrected chi connectivity index (χ1v) is 5.86. The molecule has 3 heteroatoms. The first-order valence-electron chi connectivity index (χ1n) is 5.86. The van der Waals surface area contributed by atoms with Crippen molar-refractivity contribution >= 4 is 12.2 Å².